The van der Waals surface area contributed by atoms with Gasteiger partial charge in [0.25, 0.3) is 5.91 Å². The minimum Gasteiger partial charge on any atom is -0.399 e. The monoisotopic (exact) mass is 246 g/mol. The quantitative estimate of drug-likeness (QED) is 0.705. The van der Waals surface area contributed by atoms with Crippen LogP contribution in [0.15, 0.2) is 35.1 Å². The lowest BCUT2D eigenvalue weighted by Crippen LogP contribution is -2.19. The molecule has 18 heavy (non-hydrogen) atoms. The molecule has 1 amide bonds. The molecule has 4 N–H and O–H groups in total. The van der Waals surface area contributed by atoms with E-state index >= 15 is 0 Å². The van der Waals surface area contributed by atoms with Crippen molar-refractivity contribution in [3.8, 4) is 0 Å². The molecule has 0 fully saturated rings. The molecule has 0 saturated carbocycles. The van der Waals surface area contributed by atoms with Crippen LogP contribution in [0.3, 0.4) is 0 Å². The first-order valence-electron chi connectivity index (χ1n) is 5.45. The number of carbonyl (C=O) groups excluding carboxylic acids is 1. The minimum absolute atomic E-state index is 0.169. The van der Waals surface area contributed by atoms with Crippen molar-refractivity contribution in [3.63, 3.8) is 0 Å². The van der Waals surface area contributed by atoms with E-state index in [2.05, 4.69) is 15.8 Å². The van der Waals surface area contributed by atoms with Crippen LogP contribution in [0.4, 0.5) is 11.4 Å². The number of carbonyl (C=O) groups is 1. The van der Waals surface area contributed by atoms with E-state index in [1.165, 1.54) is 6.26 Å². The van der Waals surface area contributed by atoms with E-state index in [-0.39, 0.29) is 5.91 Å². The second kappa shape index (κ2) is 5.22. The Labute approximate surface area is 104 Å². The van der Waals surface area contributed by atoms with Gasteiger partial charge in [0.2, 0.25) is 0 Å². The molecule has 1 heterocycles. The summed E-state index contributed by atoms with van der Waals surface area (Å²) in [5.41, 5.74) is 8.25. The fourth-order valence-electron chi connectivity index (χ4n) is 1.56. The molecular weight excluding hydrogens is 232 g/mol. The fourth-order valence-corrected chi connectivity index (χ4v) is 1.56. The fraction of sp³-hybridized carbons (Fsp3) is 0.167. The summed E-state index contributed by atoms with van der Waals surface area (Å²) >= 11 is 0. The highest BCUT2D eigenvalue weighted by Crippen LogP contribution is 2.19. The van der Waals surface area contributed by atoms with Crippen molar-refractivity contribution in [2.24, 2.45) is 0 Å². The van der Waals surface area contributed by atoms with Crippen LogP contribution in [0.25, 0.3) is 0 Å². The lowest BCUT2D eigenvalue weighted by atomic mass is 10.1. The van der Waals surface area contributed by atoms with E-state index < -0.39 is 0 Å². The van der Waals surface area contributed by atoms with Gasteiger partial charge in [0.15, 0.2) is 0 Å². The Bertz CT molecular complexity index is 537. The van der Waals surface area contributed by atoms with E-state index in [0.717, 1.165) is 5.69 Å². The summed E-state index contributed by atoms with van der Waals surface area (Å²) in [6.45, 7) is 0.462. The van der Waals surface area contributed by atoms with E-state index in [4.69, 9.17) is 10.3 Å². The van der Waals surface area contributed by atoms with Crippen LogP contribution < -0.4 is 16.4 Å². The number of hydrogen-bond donors (Lipinski definition) is 3. The van der Waals surface area contributed by atoms with E-state index in [1.54, 1.807) is 31.3 Å². The number of amides is 1. The van der Waals surface area contributed by atoms with Crippen LogP contribution in [0.2, 0.25) is 0 Å². The lowest BCUT2D eigenvalue weighted by Gasteiger charge is -2.10. The summed E-state index contributed by atoms with van der Waals surface area (Å²) in [4.78, 5) is 11.7. The maximum absolute atomic E-state index is 11.7. The number of rotatable bonds is 4. The number of anilines is 2. The van der Waals surface area contributed by atoms with Crippen LogP contribution in [0, 0.1) is 0 Å². The van der Waals surface area contributed by atoms with Crippen molar-refractivity contribution in [2.45, 2.75) is 6.54 Å². The molecule has 6 heteroatoms. The second-order valence-corrected chi connectivity index (χ2v) is 3.73. The third-order valence-corrected chi connectivity index (χ3v) is 2.47. The molecule has 0 unspecified atom stereocenters. The molecule has 6 nitrogen and oxygen atoms in total. The van der Waals surface area contributed by atoms with Crippen molar-refractivity contribution in [1.82, 2.24) is 10.5 Å². The molecule has 0 saturated heterocycles. The average Bonchev–Trinajstić information content (AvgIpc) is 2.88. The van der Waals surface area contributed by atoms with Crippen molar-refractivity contribution in [2.75, 3.05) is 18.1 Å². The van der Waals surface area contributed by atoms with Gasteiger partial charge in [-0.15, -0.1) is 0 Å². The van der Waals surface area contributed by atoms with Gasteiger partial charge in [-0.2, -0.15) is 0 Å². The van der Waals surface area contributed by atoms with Gasteiger partial charge in [-0.1, -0.05) is 5.16 Å². The van der Waals surface area contributed by atoms with Gasteiger partial charge >= 0.3 is 0 Å². The zero-order chi connectivity index (χ0) is 13.0. The number of benzene rings is 1. The summed E-state index contributed by atoms with van der Waals surface area (Å²) < 4.78 is 4.73. The molecule has 2 aromatic rings. The number of hydrogen-bond acceptors (Lipinski definition) is 5. The summed E-state index contributed by atoms with van der Waals surface area (Å²) in [6, 6.07) is 6.83. The maximum atomic E-state index is 11.7. The summed E-state index contributed by atoms with van der Waals surface area (Å²) in [6.07, 6.45) is 1.50. The lowest BCUT2D eigenvalue weighted by molar-refractivity contribution is 0.0964. The first-order valence-corrected chi connectivity index (χ1v) is 5.45. The van der Waals surface area contributed by atoms with Gasteiger partial charge in [-0.25, -0.2) is 0 Å². The number of nitrogens with one attached hydrogen (secondary N) is 2. The molecule has 1 aromatic heterocycles. The number of nitrogen functional groups attached to an aromatic ring is 1. The second-order valence-electron chi connectivity index (χ2n) is 3.73. The minimum atomic E-state index is -0.169. The predicted molar refractivity (Wildman–Crippen MR) is 68.1 cm³/mol. The number of nitrogens with two attached hydrogens (primary N) is 1. The summed E-state index contributed by atoms with van der Waals surface area (Å²) in [5.74, 6) is -0.169. The molecule has 0 radical (unpaired) electrons. The van der Waals surface area contributed by atoms with Gasteiger partial charge in [0.05, 0.1) is 12.1 Å². The average molecular weight is 246 g/mol. The Kier molecular flexibility index (Phi) is 3.47. The van der Waals surface area contributed by atoms with Crippen molar-refractivity contribution in [1.29, 1.82) is 0 Å². The molecule has 94 valence electrons. The van der Waals surface area contributed by atoms with Gasteiger partial charge in [-0.05, 0) is 18.2 Å². The molecule has 0 bridgehead atoms. The molecule has 0 aliphatic heterocycles. The Balaban J connectivity index is 2.19. The smallest absolute Gasteiger partial charge is 0.253 e. The van der Waals surface area contributed by atoms with Gasteiger partial charge in [0, 0.05) is 24.5 Å². The van der Waals surface area contributed by atoms with Gasteiger partial charge in [-0.3, -0.25) is 4.79 Å². The van der Waals surface area contributed by atoms with Crippen molar-refractivity contribution >= 4 is 17.3 Å². The third kappa shape index (κ3) is 2.60. The van der Waals surface area contributed by atoms with Gasteiger partial charge < -0.3 is 20.9 Å². The molecule has 0 aliphatic rings. The standard InChI is InChI=1S/C12H14N4O2/c1-14-12(17)10-3-2-8(13)6-11(10)15-7-9-4-5-18-16-9/h2-6,15H,7,13H2,1H3,(H,14,17). The van der Waals surface area contributed by atoms with E-state index in [0.29, 0.717) is 23.5 Å². The Hall–Kier alpha value is -2.50. The van der Waals surface area contributed by atoms with Crippen LogP contribution in [0.1, 0.15) is 16.1 Å². The highest BCUT2D eigenvalue weighted by Gasteiger charge is 2.10. The Morgan fingerprint density at radius 2 is 2.28 bits per heavy atom. The summed E-state index contributed by atoms with van der Waals surface area (Å²) in [7, 11) is 1.58. The highest BCUT2D eigenvalue weighted by atomic mass is 16.5. The zero-order valence-corrected chi connectivity index (χ0v) is 9.93. The largest absolute Gasteiger partial charge is 0.399 e. The van der Waals surface area contributed by atoms with Crippen LogP contribution in [-0.2, 0) is 6.54 Å². The SMILES string of the molecule is CNC(=O)c1ccc(N)cc1NCc1ccon1. The van der Waals surface area contributed by atoms with E-state index in [9.17, 15) is 4.79 Å². The summed E-state index contributed by atoms with van der Waals surface area (Å²) in [5, 5.41) is 9.47. The number of nitrogens with zero attached hydrogens (tertiary/aromatic N) is 1. The van der Waals surface area contributed by atoms with Crippen LogP contribution in [-0.4, -0.2) is 18.1 Å². The van der Waals surface area contributed by atoms with Crippen molar-refractivity contribution < 1.29 is 9.32 Å². The van der Waals surface area contributed by atoms with Crippen LogP contribution >= 0.6 is 0 Å². The van der Waals surface area contributed by atoms with E-state index in [1.807, 2.05) is 0 Å². The molecule has 2 rings (SSSR count). The van der Waals surface area contributed by atoms with Crippen LogP contribution in [0.5, 0.6) is 0 Å². The normalized spacial score (nSPS) is 10.1. The van der Waals surface area contributed by atoms with Crippen molar-refractivity contribution in [3.05, 3.63) is 41.8 Å². The molecule has 0 spiro atoms. The third-order valence-electron chi connectivity index (χ3n) is 2.47. The Morgan fingerprint density at radius 3 is 2.94 bits per heavy atom. The molecule has 0 aliphatic carbocycles. The zero-order valence-electron chi connectivity index (χ0n) is 9.93. The first-order chi connectivity index (χ1) is 8.70. The Morgan fingerprint density at radius 1 is 1.44 bits per heavy atom. The molecular formula is C12H14N4O2. The number of aromatic nitrogens is 1. The highest BCUT2D eigenvalue weighted by molar-refractivity contribution is 6.00. The maximum Gasteiger partial charge on any atom is 0.253 e. The molecule has 0 atom stereocenters. The molecule has 1 aromatic carbocycles. The van der Waals surface area contributed by atoms with Gasteiger partial charge in [0.1, 0.15) is 12.0 Å². The topological polar surface area (TPSA) is 93.2 Å². The first kappa shape index (κ1) is 12.0. The predicted octanol–water partition coefficient (Wildman–Crippen LogP) is 1.23.